The average Bonchev–Trinajstić information content (AvgIpc) is 2.86. The minimum Gasteiger partial charge on any atom is -0.477 e. The monoisotopic (exact) mass is 282 g/mol. The lowest BCUT2D eigenvalue weighted by Crippen LogP contribution is -2.29. The minimum absolute atomic E-state index is 0.0192. The number of ether oxygens (including phenoxy) is 1. The van der Waals surface area contributed by atoms with Gasteiger partial charge in [0.1, 0.15) is 12.2 Å². The highest BCUT2D eigenvalue weighted by Crippen LogP contribution is 2.01. The zero-order valence-electron chi connectivity index (χ0n) is 11.8. The number of hydrogen-bond donors (Lipinski definition) is 2. The molecule has 1 amide bonds. The molecule has 1 aromatic heterocycles. The molecule has 0 saturated carbocycles. The number of nitrogens with zero attached hydrogens (tertiary/aromatic N) is 1. The summed E-state index contributed by atoms with van der Waals surface area (Å²) in [5.41, 5.74) is 0.114. The Morgan fingerprint density at radius 1 is 1.35 bits per heavy atom. The molecular weight excluding hydrogens is 260 g/mol. The zero-order chi connectivity index (χ0) is 14.8. The Labute approximate surface area is 118 Å². The Bertz CT molecular complexity index is 429. The molecule has 1 heterocycles. The molecule has 0 bridgehead atoms. The third-order valence-electron chi connectivity index (χ3n) is 2.79. The number of hydrogen-bond acceptors (Lipinski definition) is 3. The molecule has 0 spiro atoms. The van der Waals surface area contributed by atoms with Gasteiger partial charge in [-0.2, -0.15) is 0 Å². The SMILES string of the molecule is CCCCOCCCNC(=O)Cn1cccc1C(=O)O. The molecule has 0 aliphatic rings. The molecule has 1 aromatic rings. The molecule has 0 fully saturated rings. The van der Waals surface area contributed by atoms with Crippen LogP contribution >= 0.6 is 0 Å². The fraction of sp³-hybridized carbons (Fsp3) is 0.571. The first kappa shape index (κ1) is 16.2. The van der Waals surface area contributed by atoms with E-state index in [9.17, 15) is 9.59 Å². The van der Waals surface area contributed by atoms with Crippen molar-refractivity contribution in [3.8, 4) is 0 Å². The van der Waals surface area contributed by atoms with E-state index in [2.05, 4.69) is 12.2 Å². The number of rotatable bonds is 10. The van der Waals surface area contributed by atoms with Crippen molar-refractivity contribution in [1.82, 2.24) is 9.88 Å². The number of aromatic carboxylic acids is 1. The molecule has 1 rings (SSSR count). The van der Waals surface area contributed by atoms with Crippen LogP contribution in [0.4, 0.5) is 0 Å². The van der Waals surface area contributed by atoms with Crippen molar-refractivity contribution in [1.29, 1.82) is 0 Å². The van der Waals surface area contributed by atoms with E-state index in [-0.39, 0.29) is 18.1 Å². The van der Waals surface area contributed by atoms with Gasteiger partial charge >= 0.3 is 5.97 Å². The van der Waals surface area contributed by atoms with Crippen LogP contribution in [0.3, 0.4) is 0 Å². The summed E-state index contributed by atoms with van der Waals surface area (Å²) in [6, 6.07) is 3.08. The molecule has 0 aliphatic heterocycles. The molecule has 0 unspecified atom stereocenters. The van der Waals surface area contributed by atoms with Gasteiger partial charge in [0, 0.05) is 26.0 Å². The second kappa shape index (κ2) is 9.14. The van der Waals surface area contributed by atoms with Crippen molar-refractivity contribution in [2.75, 3.05) is 19.8 Å². The van der Waals surface area contributed by atoms with Crippen LogP contribution in [-0.2, 0) is 16.1 Å². The highest BCUT2D eigenvalue weighted by Gasteiger charge is 2.10. The standard InChI is InChI=1S/C14H22N2O4/c1-2-3-9-20-10-5-7-15-13(17)11-16-8-4-6-12(16)14(18)19/h4,6,8H,2-3,5,7,9-11H2,1H3,(H,15,17)(H,18,19). The van der Waals surface area contributed by atoms with Gasteiger partial charge in [-0.15, -0.1) is 0 Å². The van der Waals surface area contributed by atoms with E-state index in [1.165, 1.54) is 10.6 Å². The van der Waals surface area contributed by atoms with Crippen molar-refractivity contribution < 1.29 is 19.4 Å². The quantitative estimate of drug-likeness (QED) is 0.637. The van der Waals surface area contributed by atoms with Crippen LogP contribution in [0.15, 0.2) is 18.3 Å². The van der Waals surface area contributed by atoms with Gasteiger partial charge in [0.2, 0.25) is 5.91 Å². The van der Waals surface area contributed by atoms with Gasteiger partial charge in [-0.05, 0) is 25.0 Å². The molecule has 0 aliphatic carbocycles. The van der Waals surface area contributed by atoms with Crippen LogP contribution in [0.5, 0.6) is 0 Å². The number of amides is 1. The van der Waals surface area contributed by atoms with Crippen molar-refractivity contribution >= 4 is 11.9 Å². The first-order valence-corrected chi connectivity index (χ1v) is 6.88. The highest BCUT2D eigenvalue weighted by atomic mass is 16.5. The van der Waals surface area contributed by atoms with E-state index in [0.29, 0.717) is 13.2 Å². The summed E-state index contributed by atoms with van der Waals surface area (Å²) in [4.78, 5) is 22.5. The van der Waals surface area contributed by atoms with E-state index in [4.69, 9.17) is 9.84 Å². The molecule has 6 heteroatoms. The van der Waals surface area contributed by atoms with E-state index < -0.39 is 5.97 Å². The number of carboxylic acids is 1. The molecule has 112 valence electrons. The molecule has 0 atom stereocenters. The third-order valence-corrected chi connectivity index (χ3v) is 2.79. The average molecular weight is 282 g/mol. The Kier molecular flexibility index (Phi) is 7.42. The van der Waals surface area contributed by atoms with Gasteiger partial charge < -0.3 is 19.7 Å². The van der Waals surface area contributed by atoms with Crippen molar-refractivity contribution in [2.24, 2.45) is 0 Å². The lowest BCUT2D eigenvalue weighted by Gasteiger charge is -2.08. The van der Waals surface area contributed by atoms with Gasteiger partial charge in [-0.1, -0.05) is 13.3 Å². The second-order valence-electron chi connectivity index (χ2n) is 4.50. The molecule has 20 heavy (non-hydrogen) atoms. The summed E-state index contributed by atoms with van der Waals surface area (Å²) in [5, 5.41) is 11.7. The summed E-state index contributed by atoms with van der Waals surface area (Å²) >= 11 is 0. The Morgan fingerprint density at radius 3 is 2.80 bits per heavy atom. The van der Waals surface area contributed by atoms with Crippen LogP contribution in [0.2, 0.25) is 0 Å². The maximum atomic E-state index is 11.7. The molecule has 0 radical (unpaired) electrons. The number of unbranched alkanes of at least 4 members (excludes halogenated alkanes) is 1. The first-order valence-electron chi connectivity index (χ1n) is 6.88. The summed E-state index contributed by atoms with van der Waals surface area (Å²) in [5.74, 6) is -1.23. The Balaban J connectivity index is 2.17. The Morgan fingerprint density at radius 2 is 2.10 bits per heavy atom. The van der Waals surface area contributed by atoms with Crippen molar-refractivity contribution in [3.05, 3.63) is 24.0 Å². The first-order chi connectivity index (χ1) is 9.65. The lowest BCUT2D eigenvalue weighted by molar-refractivity contribution is -0.121. The predicted octanol–water partition coefficient (Wildman–Crippen LogP) is 1.51. The van der Waals surface area contributed by atoms with Crippen molar-refractivity contribution in [2.45, 2.75) is 32.7 Å². The highest BCUT2D eigenvalue weighted by molar-refractivity contribution is 5.86. The van der Waals surface area contributed by atoms with E-state index in [0.717, 1.165) is 25.9 Å². The summed E-state index contributed by atoms with van der Waals surface area (Å²) in [6.07, 6.45) is 4.50. The summed E-state index contributed by atoms with van der Waals surface area (Å²) < 4.78 is 6.79. The number of carboxylic acid groups (broad SMARTS) is 1. The van der Waals surface area contributed by atoms with Crippen LogP contribution in [0.25, 0.3) is 0 Å². The fourth-order valence-corrected chi connectivity index (χ4v) is 1.71. The van der Waals surface area contributed by atoms with Gasteiger partial charge in [-0.25, -0.2) is 4.79 Å². The van der Waals surface area contributed by atoms with Crippen LogP contribution < -0.4 is 5.32 Å². The predicted molar refractivity (Wildman–Crippen MR) is 74.7 cm³/mol. The van der Waals surface area contributed by atoms with Gasteiger partial charge in [0.25, 0.3) is 0 Å². The van der Waals surface area contributed by atoms with E-state index in [1.54, 1.807) is 12.3 Å². The lowest BCUT2D eigenvalue weighted by atomic mass is 10.3. The normalized spacial score (nSPS) is 10.4. The second-order valence-corrected chi connectivity index (χ2v) is 4.50. The van der Waals surface area contributed by atoms with Crippen LogP contribution in [0, 0.1) is 0 Å². The number of nitrogens with one attached hydrogen (secondary N) is 1. The molecule has 6 nitrogen and oxygen atoms in total. The van der Waals surface area contributed by atoms with Crippen LogP contribution in [-0.4, -0.2) is 41.3 Å². The van der Waals surface area contributed by atoms with Gasteiger partial charge in [0.15, 0.2) is 0 Å². The maximum absolute atomic E-state index is 11.7. The zero-order valence-corrected chi connectivity index (χ0v) is 11.8. The van der Waals surface area contributed by atoms with Crippen molar-refractivity contribution in [3.63, 3.8) is 0 Å². The van der Waals surface area contributed by atoms with E-state index >= 15 is 0 Å². The van der Waals surface area contributed by atoms with E-state index in [1.807, 2.05) is 0 Å². The minimum atomic E-state index is -1.04. The number of carbonyl (C=O) groups is 2. The third kappa shape index (κ3) is 5.88. The largest absolute Gasteiger partial charge is 0.477 e. The number of aromatic nitrogens is 1. The Hall–Kier alpha value is -1.82. The fourth-order valence-electron chi connectivity index (χ4n) is 1.71. The van der Waals surface area contributed by atoms with Crippen LogP contribution in [0.1, 0.15) is 36.7 Å². The topological polar surface area (TPSA) is 80.6 Å². The summed E-state index contributed by atoms with van der Waals surface area (Å²) in [6.45, 7) is 4.05. The molecular formula is C14H22N2O4. The maximum Gasteiger partial charge on any atom is 0.352 e. The smallest absolute Gasteiger partial charge is 0.352 e. The molecule has 0 aromatic carbocycles. The summed E-state index contributed by atoms with van der Waals surface area (Å²) in [7, 11) is 0. The molecule has 0 saturated heterocycles. The number of carbonyl (C=O) groups excluding carboxylic acids is 1. The van der Waals surface area contributed by atoms with Gasteiger partial charge in [0.05, 0.1) is 0 Å². The molecule has 2 N–H and O–H groups in total. The van der Waals surface area contributed by atoms with Gasteiger partial charge in [-0.3, -0.25) is 4.79 Å².